The Kier molecular flexibility index (Phi) is 5.15. The molecule has 0 bridgehead atoms. The van der Waals surface area contributed by atoms with Gasteiger partial charge in [-0.15, -0.1) is 11.3 Å². The quantitative estimate of drug-likeness (QED) is 0.730. The first kappa shape index (κ1) is 18.0. The maximum Gasteiger partial charge on any atom is 0.289 e. The lowest BCUT2D eigenvalue weighted by atomic mass is 10.2. The number of ether oxygens (including phenoxy) is 1. The topological polar surface area (TPSA) is 66.2 Å². The summed E-state index contributed by atoms with van der Waals surface area (Å²) in [6, 6.07) is 11.3. The number of piperazine rings is 1. The van der Waals surface area contributed by atoms with Crippen LogP contribution in [0.1, 0.15) is 21.5 Å². The van der Waals surface area contributed by atoms with Crippen LogP contribution in [0.2, 0.25) is 0 Å². The zero-order chi connectivity index (χ0) is 18.8. The molecule has 1 aliphatic rings. The number of rotatable bonds is 5. The standard InChI is InChI=1S/C20H22N2O4S/c1-25-16-5-2-4-14-12-17(26-19(14)16)20(24)22-9-7-21(8-10-22)13-15(23)18-6-3-11-27-18/h2-6,11-12,15,23H,7-10,13H2,1H3. The predicted molar refractivity (Wildman–Crippen MR) is 104 cm³/mol. The van der Waals surface area contributed by atoms with E-state index in [-0.39, 0.29) is 5.91 Å². The zero-order valence-corrected chi connectivity index (χ0v) is 15.9. The summed E-state index contributed by atoms with van der Waals surface area (Å²) >= 11 is 1.56. The summed E-state index contributed by atoms with van der Waals surface area (Å²) in [6.45, 7) is 3.29. The number of β-amino-alcohol motifs (C(OH)–C–C–N with tert-alkyl or cyclic N) is 1. The molecule has 4 rings (SSSR count). The first-order valence-electron chi connectivity index (χ1n) is 8.95. The van der Waals surface area contributed by atoms with E-state index in [9.17, 15) is 9.90 Å². The number of aliphatic hydroxyl groups excluding tert-OH is 1. The van der Waals surface area contributed by atoms with Crippen molar-refractivity contribution in [1.82, 2.24) is 9.80 Å². The normalized spacial score (nSPS) is 16.6. The van der Waals surface area contributed by atoms with E-state index in [1.807, 2.05) is 35.7 Å². The molecule has 1 aromatic carbocycles. The van der Waals surface area contributed by atoms with Crippen molar-refractivity contribution in [2.75, 3.05) is 39.8 Å². The van der Waals surface area contributed by atoms with Crippen LogP contribution < -0.4 is 4.74 Å². The number of methoxy groups -OCH3 is 1. The maximum atomic E-state index is 12.8. The van der Waals surface area contributed by atoms with Gasteiger partial charge >= 0.3 is 0 Å². The minimum atomic E-state index is -0.477. The molecule has 2 aromatic heterocycles. The number of fused-ring (bicyclic) bond motifs is 1. The molecule has 1 fully saturated rings. The van der Waals surface area contributed by atoms with Crippen LogP contribution in [-0.2, 0) is 0 Å². The number of hydrogen-bond donors (Lipinski definition) is 1. The molecule has 27 heavy (non-hydrogen) atoms. The molecule has 3 heterocycles. The molecule has 142 valence electrons. The summed E-state index contributed by atoms with van der Waals surface area (Å²) in [5, 5.41) is 13.1. The minimum absolute atomic E-state index is 0.105. The Morgan fingerprint density at radius 1 is 1.26 bits per heavy atom. The fraction of sp³-hybridized carbons (Fsp3) is 0.350. The van der Waals surface area contributed by atoms with Crippen molar-refractivity contribution >= 4 is 28.2 Å². The highest BCUT2D eigenvalue weighted by Crippen LogP contribution is 2.29. The van der Waals surface area contributed by atoms with Gasteiger partial charge < -0.3 is 19.2 Å². The van der Waals surface area contributed by atoms with E-state index in [0.29, 0.717) is 36.7 Å². The number of hydrogen-bond acceptors (Lipinski definition) is 6. The monoisotopic (exact) mass is 386 g/mol. The molecular weight excluding hydrogens is 364 g/mol. The van der Waals surface area contributed by atoms with E-state index in [4.69, 9.17) is 9.15 Å². The fourth-order valence-electron chi connectivity index (χ4n) is 3.41. The Morgan fingerprint density at radius 3 is 2.78 bits per heavy atom. The van der Waals surface area contributed by atoms with Crippen molar-refractivity contribution < 1.29 is 19.1 Å². The van der Waals surface area contributed by atoms with E-state index < -0.39 is 6.10 Å². The van der Waals surface area contributed by atoms with Gasteiger partial charge in [-0.3, -0.25) is 9.69 Å². The highest BCUT2D eigenvalue weighted by molar-refractivity contribution is 7.10. The zero-order valence-electron chi connectivity index (χ0n) is 15.1. The summed E-state index contributed by atoms with van der Waals surface area (Å²) in [5.74, 6) is 0.854. The summed E-state index contributed by atoms with van der Waals surface area (Å²) in [5.41, 5.74) is 0.598. The Balaban J connectivity index is 1.38. The Bertz CT molecular complexity index is 913. The second-order valence-corrected chi connectivity index (χ2v) is 7.59. The van der Waals surface area contributed by atoms with Crippen molar-refractivity contribution in [3.63, 3.8) is 0 Å². The molecule has 3 aromatic rings. The molecule has 7 heteroatoms. The molecular formula is C20H22N2O4S. The first-order valence-corrected chi connectivity index (χ1v) is 9.83. The number of carbonyl (C=O) groups is 1. The van der Waals surface area contributed by atoms with Crippen LogP contribution in [0, 0.1) is 0 Å². The molecule has 6 nitrogen and oxygen atoms in total. The maximum absolute atomic E-state index is 12.8. The third-order valence-corrected chi connectivity index (χ3v) is 5.87. The lowest BCUT2D eigenvalue weighted by molar-refractivity contribution is 0.0510. The molecule has 1 amide bonds. The van der Waals surface area contributed by atoms with E-state index in [2.05, 4.69) is 4.90 Å². The second-order valence-electron chi connectivity index (χ2n) is 6.61. The molecule has 0 radical (unpaired) electrons. The van der Waals surface area contributed by atoms with Crippen LogP contribution in [0.4, 0.5) is 0 Å². The third kappa shape index (κ3) is 3.71. The summed E-state index contributed by atoms with van der Waals surface area (Å²) < 4.78 is 11.1. The molecule has 1 unspecified atom stereocenters. The largest absolute Gasteiger partial charge is 0.493 e. The van der Waals surface area contributed by atoms with Crippen LogP contribution in [-0.4, -0.2) is 60.6 Å². The van der Waals surface area contributed by atoms with Gasteiger partial charge in [-0.25, -0.2) is 0 Å². The summed E-state index contributed by atoms with van der Waals surface area (Å²) in [6.07, 6.45) is -0.477. The van der Waals surface area contributed by atoms with Crippen LogP contribution in [0.5, 0.6) is 5.75 Å². The Hall–Kier alpha value is -2.35. The van der Waals surface area contributed by atoms with Gasteiger partial charge in [0.15, 0.2) is 17.1 Å². The van der Waals surface area contributed by atoms with Gasteiger partial charge in [-0.05, 0) is 23.6 Å². The number of benzene rings is 1. The Labute approximate surface area is 161 Å². The average molecular weight is 386 g/mol. The molecule has 0 aliphatic carbocycles. The lowest BCUT2D eigenvalue weighted by Crippen LogP contribution is -2.49. The molecule has 0 spiro atoms. The number of nitrogens with zero attached hydrogens (tertiary/aromatic N) is 2. The predicted octanol–water partition coefficient (Wildman–Crippen LogP) is 2.99. The van der Waals surface area contributed by atoms with Gasteiger partial charge in [0.05, 0.1) is 7.11 Å². The van der Waals surface area contributed by atoms with Gasteiger partial charge in [0.25, 0.3) is 5.91 Å². The highest BCUT2D eigenvalue weighted by atomic mass is 32.1. The number of furan rings is 1. The number of carbonyl (C=O) groups excluding carboxylic acids is 1. The summed E-state index contributed by atoms with van der Waals surface area (Å²) in [7, 11) is 1.59. The second kappa shape index (κ2) is 7.72. The third-order valence-electron chi connectivity index (χ3n) is 4.90. The van der Waals surface area contributed by atoms with Crippen LogP contribution in [0.25, 0.3) is 11.0 Å². The van der Waals surface area contributed by atoms with Crippen LogP contribution >= 0.6 is 11.3 Å². The number of aliphatic hydroxyl groups is 1. The highest BCUT2D eigenvalue weighted by Gasteiger charge is 2.26. The molecule has 0 saturated carbocycles. The van der Waals surface area contributed by atoms with Gasteiger partial charge in [-0.1, -0.05) is 18.2 Å². The van der Waals surface area contributed by atoms with Crippen LogP contribution in [0.3, 0.4) is 0 Å². The molecule has 1 N–H and O–H groups in total. The van der Waals surface area contributed by atoms with Crippen LogP contribution in [0.15, 0.2) is 46.2 Å². The number of amides is 1. The first-order chi connectivity index (χ1) is 13.2. The molecule has 1 saturated heterocycles. The Morgan fingerprint density at radius 2 is 2.07 bits per heavy atom. The summed E-state index contributed by atoms with van der Waals surface area (Å²) in [4.78, 5) is 17.8. The SMILES string of the molecule is COc1cccc2cc(C(=O)N3CCN(CC(O)c4cccs4)CC3)oc12. The van der Waals surface area contributed by atoms with E-state index in [0.717, 1.165) is 23.4 Å². The number of para-hydroxylation sites is 1. The van der Waals surface area contributed by atoms with E-state index in [1.165, 1.54) is 0 Å². The van der Waals surface area contributed by atoms with Crippen molar-refractivity contribution in [1.29, 1.82) is 0 Å². The van der Waals surface area contributed by atoms with Gasteiger partial charge in [0, 0.05) is 43.0 Å². The van der Waals surface area contributed by atoms with E-state index >= 15 is 0 Å². The lowest BCUT2D eigenvalue weighted by Gasteiger charge is -2.35. The fourth-order valence-corrected chi connectivity index (χ4v) is 4.11. The smallest absolute Gasteiger partial charge is 0.289 e. The van der Waals surface area contributed by atoms with Crippen molar-refractivity contribution in [2.45, 2.75) is 6.10 Å². The van der Waals surface area contributed by atoms with Gasteiger partial charge in [-0.2, -0.15) is 0 Å². The van der Waals surface area contributed by atoms with Gasteiger partial charge in [0.2, 0.25) is 0 Å². The number of thiophene rings is 1. The average Bonchev–Trinajstić information content (AvgIpc) is 3.37. The van der Waals surface area contributed by atoms with Crippen molar-refractivity contribution in [3.8, 4) is 5.75 Å². The van der Waals surface area contributed by atoms with E-state index in [1.54, 1.807) is 29.4 Å². The molecule has 1 aliphatic heterocycles. The molecule has 1 atom stereocenters. The minimum Gasteiger partial charge on any atom is -0.493 e. The van der Waals surface area contributed by atoms with Crippen molar-refractivity contribution in [3.05, 3.63) is 52.4 Å². The van der Waals surface area contributed by atoms with Crippen molar-refractivity contribution in [2.24, 2.45) is 0 Å². The van der Waals surface area contributed by atoms with Gasteiger partial charge in [0.1, 0.15) is 6.10 Å².